The molecule has 2 aromatic rings. The molecule has 2 heterocycles. The first-order valence-electron chi connectivity index (χ1n) is 9.61. The number of aromatic carboxylic acids is 1. The zero-order chi connectivity index (χ0) is 19.9. The number of fused-ring (bicyclic) bond motifs is 1. The van der Waals surface area contributed by atoms with E-state index in [0.29, 0.717) is 30.9 Å². The lowest BCUT2D eigenvalue weighted by atomic mass is 9.72. The number of halogens is 1. The summed E-state index contributed by atoms with van der Waals surface area (Å²) in [5.41, 5.74) is 2.93. The molecule has 0 radical (unpaired) electrons. The van der Waals surface area contributed by atoms with E-state index in [1.54, 1.807) is 0 Å². The quantitative estimate of drug-likeness (QED) is 0.834. The van der Waals surface area contributed by atoms with E-state index in [2.05, 4.69) is 36.2 Å². The fourth-order valence-electron chi connectivity index (χ4n) is 4.31. The van der Waals surface area contributed by atoms with Crippen molar-refractivity contribution in [3.8, 4) is 0 Å². The number of carbonyl (C=O) groups is 1. The third-order valence-electron chi connectivity index (χ3n) is 5.77. The van der Waals surface area contributed by atoms with Crippen molar-refractivity contribution in [2.45, 2.75) is 26.3 Å². The van der Waals surface area contributed by atoms with Gasteiger partial charge in [0.2, 0.25) is 0 Å². The highest BCUT2D eigenvalue weighted by atomic mass is 19.1. The maximum absolute atomic E-state index is 14.5. The topological polar surface area (TPSA) is 61.8 Å². The van der Waals surface area contributed by atoms with E-state index in [1.165, 1.54) is 12.1 Å². The first-order valence-corrected chi connectivity index (χ1v) is 9.61. The van der Waals surface area contributed by atoms with Crippen LogP contribution in [0.15, 0.2) is 36.4 Å². The van der Waals surface area contributed by atoms with Crippen LogP contribution in [-0.4, -0.2) is 37.4 Å². The highest BCUT2D eigenvalue weighted by molar-refractivity contribution is 5.91. The zero-order valence-electron chi connectivity index (χ0n) is 16.2. The minimum atomic E-state index is -1.03. The molecule has 1 fully saturated rings. The Labute approximate surface area is 164 Å². The number of carboxylic acids is 1. The van der Waals surface area contributed by atoms with Gasteiger partial charge >= 0.3 is 5.97 Å². The fraction of sp³-hybridized carbons (Fsp3) is 0.409. The molecule has 4 rings (SSSR count). The number of ether oxygens (including phenoxy) is 1. The second-order valence-electron chi connectivity index (χ2n) is 8.19. The SMILES string of the molecule is CC1(C)Cc2c(C(=O)O)ccc(F)c2NC1c1cccc(N2CCOCC2)c1. The number of carboxylic acid groups (broad SMARTS) is 1. The van der Waals surface area contributed by atoms with Crippen molar-refractivity contribution in [1.29, 1.82) is 0 Å². The van der Waals surface area contributed by atoms with Gasteiger partial charge in [-0.15, -0.1) is 0 Å². The Morgan fingerprint density at radius 2 is 2.00 bits per heavy atom. The van der Waals surface area contributed by atoms with Gasteiger partial charge in [0.15, 0.2) is 0 Å². The summed E-state index contributed by atoms with van der Waals surface area (Å²) in [6.07, 6.45) is 0.487. The van der Waals surface area contributed by atoms with E-state index in [9.17, 15) is 14.3 Å². The smallest absolute Gasteiger partial charge is 0.336 e. The summed E-state index contributed by atoms with van der Waals surface area (Å²) in [6, 6.07) is 10.8. The number of morpholine rings is 1. The van der Waals surface area contributed by atoms with Gasteiger partial charge in [0.05, 0.1) is 30.5 Å². The Balaban J connectivity index is 1.72. The van der Waals surface area contributed by atoms with Crippen molar-refractivity contribution in [3.63, 3.8) is 0 Å². The van der Waals surface area contributed by atoms with Gasteiger partial charge in [0.1, 0.15) is 5.82 Å². The molecule has 2 aliphatic rings. The average molecular weight is 384 g/mol. The Bertz CT molecular complexity index is 907. The molecule has 2 aromatic carbocycles. The maximum atomic E-state index is 14.5. The van der Waals surface area contributed by atoms with E-state index >= 15 is 0 Å². The number of nitrogens with one attached hydrogen (secondary N) is 1. The summed E-state index contributed by atoms with van der Waals surface area (Å²) < 4.78 is 20.0. The molecule has 5 nitrogen and oxygen atoms in total. The van der Waals surface area contributed by atoms with Gasteiger partial charge in [-0.1, -0.05) is 26.0 Å². The summed E-state index contributed by atoms with van der Waals surface area (Å²) >= 11 is 0. The molecule has 0 aromatic heterocycles. The summed E-state index contributed by atoms with van der Waals surface area (Å²) in [4.78, 5) is 13.9. The Morgan fingerprint density at radius 1 is 1.25 bits per heavy atom. The van der Waals surface area contributed by atoms with Crippen LogP contribution in [0.1, 0.15) is 41.4 Å². The number of nitrogens with zero attached hydrogens (tertiary/aromatic N) is 1. The standard InChI is InChI=1S/C22H25FN2O3/c1-22(2)13-17-16(21(26)27)6-7-18(23)19(17)24-20(22)14-4-3-5-15(12-14)25-8-10-28-11-9-25/h3-7,12,20,24H,8-11,13H2,1-2H3,(H,26,27). The molecule has 1 unspecified atom stereocenters. The lowest BCUT2D eigenvalue weighted by Crippen LogP contribution is -2.37. The van der Waals surface area contributed by atoms with Crippen LogP contribution < -0.4 is 10.2 Å². The van der Waals surface area contributed by atoms with Crippen molar-refractivity contribution < 1.29 is 19.0 Å². The summed E-state index contributed by atoms with van der Waals surface area (Å²) in [7, 11) is 0. The van der Waals surface area contributed by atoms with Gasteiger partial charge in [0, 0.05) is 18.8 Å². The van der Waals surface area contributed by atoms with E-state index in [1.807, 2.05) is 12.1 Å². The van der Waals surface area contributed by atoms with Gasteiger partial charge in [0.25, 0.3) is 0 Å². The van der Waals surface area contributed by atoms with Crippen LogP contribution in [-0.2, 0) is 11.2 Å². The van der Waals surface area contributed by atoms with E-state index < -0.39 is 11.8 Å². The normalized spacial score (nSPS) is 21.0. The largest absolute Gasteiger partial charge is 0.478 e. The lowest BCUT2D eigenvalue weighted by molar-refractivity contribution is 0.0694. The molecule has 1 atom stereocenters. The molecule has 0 aliphatic carbocycles. The van der Waals surface area contributed by atoms with Crippen LogP contribution in [0.3, 0.4) is 0 Å². The molecule has 0 bridgehead atoms. The molecule has 28 heavy (non-hydrogen) atoms. The number of rotatable bonds is 3. The van der Waals surface area contributed by atoms with Crippen molar-refractivity contribution in [2.75, 3.05) is 36.5 Å². The van der Waals surface area contributed by atoms with Crippen LogP contribution in [0.5, 0.6) is 0 Å². The minimum Gasteiger partial charge on any atom is -0.478 e. The highest BCUT2D eigenvalue weighted by Crippen LogP contribution is 2.47. The third-order valence-corrected chi connectivity index (χ3v) is 5.77. The minimum absolute atomic E-state index is 0.125. The molecule has 0 saturated carbocycles. The summed E-state index contributed by atoms with van der Waals surface area (Å²) in [5.74, 6) is -1.44. The molecular formula is C22H25FN2O3. The number of benzene rings is 2. The molecule has 148 valence electrons. The number of hydrogen-bond acceptors (Lipinski definition) is 4. The molecule has 1 saturated heterocycles. The summed E-state index contributed by atoms with van der Waals surface area (Å²) in [5, 5.41) is 12.8. The number of anilines is 2. The van der Waals surface area contributed by atoms with Gasteiger partial charge in [-0.3, -0.25) is 0 Å². The molecule has 0 amide bonds. The first kappa shape index (κ1) is 18.7. The van der Waals surface area contributed by atoms with E-state index in [0.717, 1.165) is 24.3 Å². The predicted octanol–water partition coefficient (Wildman–Crippen LogP) is 4.10. The molecule has 0 spiro atoms. The highest BCUT2D eigenvalue weighted by Gasteiger charge is 2.39. The van der Waals surface area contributed by atoms with Gasteiger partial charge in [-0.2, -0.15) is 0 Å². The predicted molar refractivity (Wildman–Crippen MR) is 107 cm³/mol. The van der Waals surface area contributed by atoms with Gasteiger partial charge in [-0.05, 0) is 47.2 Å². The first-order chi connectivity index (χ1) is 13.4. The van der Waals surface area contributed by atoms with Gasteiger partial charge < -0.3 is 20.1 Å². The monoisotopic (exact) mass is 384 g/mol. The van der Waals surface area contributed by atoms with Crippen molar-refractivity contribution >= 4 is 17.3 Å². The van der Waals surface area contributed by atoms with Gasteiger partial charge in [-0.25, -0.2) is 9.18 Å². The average Bonchev–Trinajstić information content (AvgIpc) is 2.67. The van der Waals surface area contributed by atoms with Crippen LogP contribution in [0.2, 0.25) is 0 Å². The van der Waals surface area contributed by atoms with E-state index in [4.69, 9.17) is 4.74 Å². The van der Waals surface area contributed by atoms with Crippen molar-refractivity contribution in [1.82, 2.24) is 0 Å². The second-order valence-corrected chi connectivity index (χ2v) is 8.19. The number of hydrogen-bond donors (Lipinski definition) is 2. The Hall–Kier alpha value is -2.60. The second kappa shape index (κ2) is 7.09. The maximum Gasteiger partial charge on any atom is 0.336 e. The Kier molecular flexibility index (Phi) is 4.75. The van der Waals surface area contributed by atoms with Crippen LogP contribution in [0, 0.1) is 11.2 Å². The van der Waals surface area contributed by atoms with Crippen LogP contribution in [0.25, 0.3) is 0 Å². The third kappa shape index (κ3) is 3.33. The van der Waals surface area contributed by atoms with E-state index in [-0.39, 0.29) is 17.0 Å². The lowest BCUT2D eigenvalue weighted by Gasteiger charge is -2.42. The molecule has 2 N–H and O–H groups in total. The molecule has 2 aliphatic heterocycles. The fourth-order valence-corrected chi connectivity index (χ4v) is 4.31. The van der Waals surface area contributed by atoms with Crippen molar-refractivity contribution in [2.24, 2.45) is 5.41 Å². The molecule has 6 heteroatoms. The zero-order valence-corrected chi connectivity index (χ0v) is 16.2. The summed E-state index contributed by atoms with van der Waals surface area (Å²) in [6.45, 7) is 7.31. The molecular weight excluding hydrogens is 359 g/mol. The van der Waals surface area contributed by atoms with Crippen LogP contribution >= 0.6 is 0 Å². The van der Waals surface area contributed by atoms with Crippen molar-refractivity contribution in [3.05, 3.63) is 58.9 Å². The van der Waals surface area contributed by atoms with Crippen LogP contribution in [0.4, 0.5) is 15.8 Å². The Morgan fingerprint density at radius 3 is 2.71 bits per heavy atom.